The van der Waals surface area contributed by atoms with Crippen LogP contribution in [0.2, 0.25) is 0 Å². The van der Waals surface area contributed by atoms with Crippen molar-refractivity contribution in [3.63, 3.8) is 0 Å². The van der Waals surface area contributed by atoms with E-state index in [4.69, 9.17) is 4.74 Å². The fourth-order valence-electron chi connectivity index (χ4n) is 8.57. The van der Waals surface area contributed by atoms with Crippen molar-refractivity contribution in [3.05, 3.63) is 85.1 Å². The second kappa shape index (κ2) is 56.0. The lowest BCUT2D eigenvalue weighted by molar-refractivity contribution is -0.151. The van der Waals surface area contributed by atoms with Gasteiger partial charge in [-0.2, -0.15) is 0 Å². The number of unbranched alkanes of at least 4 members (excludes halogenated alkanes) is 29. The van der Waals surface area contributed by atoms with Gasteiger partial charge in [0.25, 0.3) is 0 Å². The number of aliphatic hydroxyl groups is 2. The molecule has 69 heavy (non-hydrogen) atoms. The third-order valence-corrected chi connectivity index (χ3v) is 13.0. The van der Waals surface area contributed by atoms with Gasteiger partial charge < -0.3 is 20.3 Å². The fraction of sp³-hybridized carbons (Fsp3) is 0.746. The summed E-state index contributed by atoms with van der Waals surface area (Å²) in [6.45, 7) is 6.42. The van der Waals surface area contributed by atoms with Gasteiger partial charge in [0.05, 0.1) is 25.2 Å². The molecule has 0 aromatic carbocycles. The SMILES string of the molecule is CCCCC/C=C\C/C=C\C/C=C\CCCCCCC(=O)OC(CCCCC/C=C/C=C/C=C/C=C/CCCCC)CC(=O)NC(CO)C(O)CCCCCCCCCCCCCCCCCCC. The normalized spacial score (nSPS) is 13.8. The quantitative estimate of drug-likeness (QED) is 0.0244. The predicted molar refractivity (Wildman–Crippen MR) is 301 cm³/mol. The highest BCUT2D eigenvalue weighted by atomic mass is 16.5. The molecule has 3 N–H and O–H groups in total. The molecule has 0 bridgehead atoms. The molecule has 6 nitrogen and oxygen atoms in total. The zero-order valence-corrected chi connectivity index (χ0v) is 45.4. The Morgan fingerprint density at radius 3 is 1.29 bits per heavy atom. The number of ether oxygens (including phenoxy) is 1. The Bertz CT molecular complexity index is 1310. The van der Waals surface area contributed by atoms with E-state index in [0.29, 0.717) is 19.3 Å². The van der Waals surface area contributed by atoms with E-state index >= 15 is 0 Å². The average Bonchev–Trinajstić information content (AvgIpc) is 3.34. The molecule has 1 amide bonds. The van der Waals surface area contributed by atoms with Gasteiger partial charge in [-0.05, 0) is 89.9 Å². The van der Waals surface area contributed by atoms with Gasteiger partial charge in [0.2, 0.25) is 5.91 Å². The van der Waals surface area contributed by atoms with Gasteiger partial charge in [0, 0.05) is 6.42 Å². The molecule has 0 saturated carbocycles. The minimum atomic E-state index is -0.808. The summed E-state index contributed by atoms with van der Waals surface area (Å²) in [6, 6.07) is -0.725. The highest BCUT2D eigenvalue weighted by molar-refractivity contribution is 5.77. The van der Waals surface area contributed by atoms with Crippen LogP contribution in [-0.4, -0.2) is 46.9 Å². The van der Waals surface area contributed by atoms with Crippen molar-refractivity contribution >= 4 is 11.9 Å². The topological polar surface area (TPSA) is 95.9 Å². The van der Waals surface area contributed by atoms with E-state index in [1.807, 2.05) is 6.08 Å². The first-order chi connectivity index (χ1) is 34.0. The lowest BCUT2D eigenvalue weighted by atomic mass is 10.0. The number of hydrogen-bond donors (Lipinski definition) is 3. The number of nitrogens with one attached hydrogen (secondary N) is 1. The van der Waals surface area contributed by atoms with Crippen LogP contribution in [0.4, 0.5) is 0 Å². The van der Waals surface area contributed by atoms with Gasteiger partial charge in [-0.3, -0.25) is 9.59 Å². The van der Waals surface area contributed by atoms with Crippen LogP contribution in [0.1, 0.15) is 278 Å². The van der Waals surface area contributed by atoms with Crippen LogP contribution in [0, 0.1) is 0 Å². The molecular weight excluding hydrogens is 851 g/mol. The van der Waals surface area contributed by atoms with Crippen LogP contribution >= 0.6 is 0 Å². The standard InChI is InChI=1S/C63H111NO5/c1-4-7-10-13-16-19-22-25-28-31-34-37-40-43-46-49-52-55-61(66)60(58-65)64-62(67)57-59(54-51-48-45-42-39-36-33-30-27-24-21-18-15-12-9-6-3)69-63(68)56-53-50-47-44-41-38-35-32-29-26-23-20-17-14-11-8-5-2/h17-18,20-21,24,26-27,29-30,33,35-36,38-39,59-61,65-66H,4-16,19,22-23,25,28,31-32,34,37,40-58H2,1-3H3,(H,64,67)/b20-17-,21-18+,27-24+,29-26-,33-30+,38-35-,39-36+. The molecule has 6 heteroatoms. The highest BCUT2D eigenvalue weighted by Gasteiger charge is 2.24. The Kier molecular flexibility index (Phi) is 53.6. The molecule has 3 unspecified atom stereocenters. The molecule has 0 heterocycles. The maximum Gasteiger partial charge on any atom is 0.306 e. The second-order valence-corrected chi connectivity index (χ2v) is 19.8. The molecule has 0 rings (SSSR count). The number of esters is 1. The van der Waals surface area contributed by atoms with Crippen LogP contribution in [0.3, 0.4) is 0 Å². The molecule has 0 radical (unpaired) electrons. The van der Waals surface area contributed by atoms with E-state index in [-0.39, 0.29) is 24.9 Å². The Morgan fingerprint density at radius 2 is 0.797 bits per heavy atom. The maximum absolute atomic E-state index is 13.3. The predicted octanol–water partition coefficient (Wildman–Crippen LogP) is 18.3. The van der Waals surface area contributed by atoms with Gasteiger partial charge in [0.15, 0.2) is 0 Å². The number of allylic oxidation sites excluding steroid dienone is 14. The summed E-state index contributed by atoms with van der Waals surface area (Å²) in [7, 11) is 0. The summed E-state index contributed by atoms with van der Waals surface area (Å²) in [5, 5.41) is 23.9. The van der Waals surface area contributed by atoms with E-state index in [2.05, 4.69) is 105 Å². The van der Waals surface area contributed by atoms with E-state index < -0.39 is 18.2 Å². The van der Waals surface area contributed by atoms with Crippen molar-refractivity contribution in [2.24, 2.45) is 0 Å². The minimum Gasteiger partial charge on any atom is -0.462 e. The molecule has 0 aliphatic carbocycles. The molecule has 0 spiro atoms. The molecule has 3 atom stereocenters. The van der Waals surface area contributed by atoms with E-state index in [9.17, 15) is 19.8 Å². The monoisotopic (exact) mass is 962 g/mol. The molecule has 0 aromatic heterocycles. The fourth-order valence-corrected chi connectivity index (χ4v) is 8.57. The molecule has 0 aromatic rings. The summed E-state index contributed by atoms with van der Waals surface area (Å²) in [5.41, 5.74) is 0. The van der Waals surface area contributed by atoms with Gasteiger partial charge in [-0.15, -0.1) is 0 Å². The van der Waals surface area contributed by atoms with E-state index in [1.54, 1.807) is 0 Å². The molecule has 0 aliphatic heterocycles. The molecular formula is C63H111NO5. The van der Waals surface area contributed by atoms with Gasteiger partial charge >= 0.3 is 5.97 Å². The van der Waals surface area contributed by atoms with E-state index in [1.165, 1.54) is 135 Å². The smallest absolute Gasteiger partial charge is 0.306 e. The van der Waals surface area contributed by atoms with Gasteiger partial charge in [-0.25, -0.2) is 0 Å². The van der Waals surface area contributed by atoms with Crippen LogP contribution < -0.4 is 5.32 Å². The average molecular weight is 963 g/mol. The molecule has 398 valence electrons. The Morgan fingerprint density at radius 1 is 0.435 bits per heavy atom. The first kappa shape index (κ1) is 66.0. The number of rotatable bonds is 52. The van der Waals surface area contributed by atoms with Crippen LogP contribution in [0.25, 0.3) is 0 Å². The number of carbonyl (C=O) groups is 2. The van der Waals surface area contributed by atoms with Crippen molar-refractivity contribution in [2.75, 3.05) is 6.61 Å². The van der Waals surface area contributed by atoms with Crippen LogP contribution in [-0.2, 0) is 14.3 Å². The summed E-state index contributed by atoms with van der Waals surface area (Å²) < 4.78 is 5.94. The lowest BCUT2D eigenvalue weighted by Gasteiger charge is -2.24. The Balaban J connectivity index is 4.66. The maximum atomic E-state index is 13.3. The molecule has 0 saturated heterocycles. The first-order valence-corrected chi connectivity index (χ1v) is 29.4. The summed E-state index contributed by atoms with van der Waals surface area (Å²) >= 11 is 0. The van der Waals surface area contributed by atoms with Crippen molar-refractivity contribution in [1.82, 2.24) is 5.32 Å². The molecule has 0 aliphatic rings. The van der Waals surface area contributed by atoms with Gasteiger partial charge in [0.1, 0.15) is 6.10 Å². The zero-order chi connectivity index (χ0) is 50.2. The van der Waals surface area contributed by atoms with Crippen LogP contribution in [0.15, 0.2) is 85.1 Å². The summed E-state index contributed by atoms with van der Waals surface area (Å²) in [5.74, 6) is -0.536. The van der Waals surface area contributed by atoms with Crippen molar-refractivity contribution < 1.29 is 24.5 Å². The third kappa shape index (κ3) is 51.2. The van der Waals surface area contributed by atoms with E-state index in [0.717, 1.165) is 96.3 Å². The van der Waals surface area contributed by atoms with Gasteiger partial charge in [-0.1, -0.05) is 260 Å². The number of carbonyl (C=O) groups excluding carboxylic acids is 2. The largest absolute Gasteiger partial charge is 0.462 e. The summed E-state index contributed by atoms with van der Waals surface area (Å²) in [4.78, 5) is 26.3. The first-order valence-electron chi connectivity index (χ1n) is 29.4. The lowest BCUT2D eigenvalue weighted by Crippen LogP contribution is -2.46. The number of aliphatic hydroxyl groups excluding tert-OH is 2. The van der Waals surface area contributed by atoms with Crippen LogP contribution in [0.5, 0.6) is 0 Å². The Hall–Kier alpha value is -2.96. The van der Waals surface area contributed by atoms with Crippen molar-refractivity contribution in [2.45, 2.75) is 296 Å². The molecule has 0 fully saturated rings. The third-order valence-electron chi connectivity index (χ3n) is 13.0. The summed E-state index contributed by atoms with van der Waals surface area (Å²) in [6.07, 6.45) is 73.5. The second-order valence-electron chi connectivity index (χ2n) is 19.8. The highest BCUT2D eigenvalue weighted by Crippen LogP contribution is 2.18. The minimum absolute atomic E-state index is 0.0392. The number of amides is 1. The van der Waals surface area contributed by atoms with Crippen molar-refractivity contribution in [1.29, 1.82) is 0 Å². The van der Waals surface area contributed by atoms with Crippen molar-refractivity contribution in [3.8, 4) is 0 Å². The number of hydrogen-bond acceptors (Lipinski definition) is 5. The zero-order valence-electron chi connectivity index (χ0n) is 45.4. The Labute approximate surface area is 427 Å².